The third-order valence-corrected chi connectivity index (χ3v) is 7.09. The Balaban J connectivity index is 1.49. The number of hydrogen-bond acceptors (Lipinski definition) is 6. The van der Waals surface area contributed by atoms with E-state index in [1.807, 2.05) is 50.2 Å². The van der Waals surface area contributed by atoms with Crippen LogP contribution in [0.4, 0.5) is 16.3 Å². The summed E-state index contributed by atoms with van der Waals surface area (Å²) in [5, 5.41) is 6.73. The van der Waals surface area contributed by atoms with Crippen molar-refractivity contribution >= 4 is 23.4 Å². The molecule has 0 aliphatic carbocycles. The van der Waals surface area contributed by atoms with Crippen LogP contribution in [0.3, 0.4) is 0 Å². The summed E-state index contributed by atoms with van der Waals surface area (Å²) in [5.74, 6) is 0.398. The molecular weight excluding hydrogens is 510 g/mol. The van der Waals surface area contributed by atoms with Crippen LogP contribution < -0.4 is 25.5 Å². The standard InChI is InChI=1S/C29H31N7O4/c1-6-23-24(19-10-12-21(13-11-19)36-27(40-5)32-33(4)28(36)38)14-15-31-25(23)34-17-18(2)35(29(34)39)22-9-7-8-20(16-22)26(37)30-3/h7-16,18H,6,17H2,1-5H3,(H,30,37)/t18-/m0/s1. The number of nitrogens with zero attached hydrogens (tertiary/aromatic N) is 6. The quantitative estimate of drug-likeness (QED) is 0.384. The van der Waals surface area contributed by atoms with Crippen LogP contribution in [0.1, 0.15) is 29.8 Å². The second-order valence-corrected chi connectivity index (χ2v) is 9.53. The van der Waals surface area contributed by atoms with Gasteiger partial charge in [0, 0.05) is 43.7 Å². The van der Waals surface area contributed by atoms with Crippen molar-refractivity contribution in [2.45, 2.75) is 26.3 Å². The number of ether oxygens (including phenoxy) is 1. The Morgan fingerprint density at radius 2 is 1.85 bits per heavy atom. The second-order valence-electron chi connectivity index (χ2n) is 9.53. The van der Waals surface area contributed by atoms with E-state index < -0.39 is 0 Å². The average Bonchev–Trinajstić information content (AvgIpc) is 3.45. The van der Waals surface area contributed by atoms with Crippen molar-refractivity contribution < 1.29 is 14.3 Å². The molecular formula is C29H31N7O4. The summed E-state index contributed by atoms with van der Waals surface area (Å²) in [6.07, 6.45) is 2.36. The topological polar surface area (TPSA) is 115 Å². The van der Waals surface area contributed by atoms with E-state index in [1.165, 1.54) is 16.4 Å². The summed E-state index contributed by atoms with van der Waals surface area (Å²) in [6, 6.07) is 16.4. The summed E-state index contributed by atoms with van der Waals surface area (Å²) >= 11 is 0. The number of aromatic nitrogens is 4. The molecule has 2 aromatic carbocycles. The van der Waals surface area contributed by atoms with E-state index in [9.17, 15) is 14.4 Å². The van der Waals surface area contributed by atoms with Gasteiger partial charge in [0.2, 0.25) is 0 Å². The first-order valence-electron chi connectivity index (χ1n) is 13.0. The smallest absolute Gasteiger partial charge is 0.353 e. The molecule has 11 nitrogen and oxygen atoms in total. The normalized spacial score (nSPS) is 15.0. The number of nitrogens with one attached hydrogen (secondary N) is 1. The fourth-order valence-electron chi connectivity index (χ4n) is 5.14. The summed E-state index contributed by atoms with van der Waals surface area (Å²) < 4.78 is 7.90. The van der Waals surface area contributed by atoms with Gasteiger partial charge in [-0.3, -0.25) is 14.6 Å². The van der Waals surface area contributed by atoms with Gasteiger partial charge in [0.1, 0.15) is 5.82 Å². The van der Waals surface area contributed by atoms with Gasteiger partial charge in [0.05, 0.1) is 18.8 Å². The molecule has 3 amide bonds. The number of pyridine rings is 1. The Kier molecular flexibility index (Phi) is 7.12. The number of amides is 3. The monoisotopic (exact) mass is 541 g/mol. The molecule has 0 spiro atoms. The molecule has 1 fully saturated rings. The highest BCUT2D eigenvalue weighted by molar-refractivity contribution is 6.07. The first-order chi connectivity index (χ1) is 19.3. The number of methoxy groups -OCH3 is 1. The van der Waals surface area contributed by atoms with Crippen LogP contribution in [0, 0.1) is 0 Å². The van der Waals surface area contributed by atoms with Crippen molar-refractivity contribution in [3.8, 4) is 22.8 Å². The molecule has 4 aromatic rings. The molecule has 1 N–H and O–H groups in total. The minimum Gasteiger partial charge on any atom is -0.467 e. The summed E-state index contributed by atoms with van der Waals surface area (Å²) in [7, 11) is 4.62. The van der Waals surface area contributed by atoms with Crippen LogP contribution in [0.15, 0.2) is 65.6 Å². The SMILES string of the molecule is CCc1c(-c2ccc(-n3c(OC)nn(C)c3=O)cc2)ccnc1N1C[C@H](C)N(c2cccc(C(=O)NC)c2)C1=O. The number of benzene rings is 2. The molecule has 2 aromatic heterocycles. The number of hydrogen-bond donors (Lipinski definition) is 1. The Morgan fingerprint density at radius 3 is 2.52 bits per heavy atom. The van der Waals surface area contributed by atoms with Gasteiger partial charge in [-0.2, -0.15) is 0 Å². The van der Waals surface area contributed by atoms with Crippen LogP contribution >= 0.6 is 0 Å². The van der Waals surface area contributed by atoms with Crippen LogP contribution in [0.5, 0.6) is 6.01 Å². The van der Waals surface area contributed by atoms with Gasteiger partial charge in [-0.05, 0) is 60.9 Å². The van der Waals surface area contributed by atoms with Crippen molar-refractivity contribution in [3.05, 3.63) is 82.4 Å². The maximum absolute atomic E-state index is 13.7. The molecule has 11 heteroatoms. The van der Waals surface area contributed by atoms with Crippen LogP contribution in [0.2, 0.25) is 0 Å². The molecule has 0 saturated carbocycles. The highest BCUT2D eigenvalue weighted by Crippen LogP contribution is 2.35. The molecule has 0 radical (unpaired) electrons. The van der Waals surface area contributed by atoms with E-state index in [0.29, 0.717) is 35.7 Å². The summed E-state index contributed by atoms with van der Waals surface area (Å²) in [6.45, 7) is 4.47. The zero-order chi connectivity index (χ0) is 28.6. The second kappa shape index (κ2) is 10.7. The Labute approximate surface area is 231 Å². The zero-order valence-corrected chi connectivity index (χ0v) is 23.1. The fraction of sp³-hybridized carbons (Fsp3) is 0.276. The molecule has 1 atom stereocenters. The van der Waals surface area contributed by atoms with Gasteiger partial charge in [-0.15, -0.1) is 5.10 Å². The van der Waals surface area contributed by atoms with Crippen molar-refractivity contribution in [1.29, 1.82) is 0 Å². The van der Waals surface area contributed by atoms with Gasteiger partial charge in [0.25, 0.3) is 5.91 Å². The van der Waals surface area contributed by atoms with Crippen LogP contribution in [0.25, 0.3) is 16.8 Å². The summed E-state index contributed by atoms with van der Waals surface area (Å²) in [5.41, 5.74) is 4.28. The zero-order valence-electron chi connectivity index (χ0n) is 23.1. The molecule has 1 aliphatic rings. The average molecular weight is 542 g/mol. The van der Waals surface area contributed by atoms with Crippen molar-refractivity contribution in [2.75, 3.05) is 30.5 Å². The third-order valence-electron chi connectivity index (χ3n) is 7.09. The lowest BCUT2D eigenvalue weighted by Gasteiger charge is -2.22. The molecule has 1 aliphatic heterocycles. The van der Waals surface area contributed by atoms with E-state index in [1.54, 1.807) is 48.3 Å². The van der Waals surface area contributed by atoms with Gasteiger partial charge in [-0.25, -0.2) is 23.8 Å². The Morgan fingerprint density at radius 1 is 1.10 bits per heavy atom. The summed E-state index contributed by atoms with van der Waals surface area (Å²) in [4.78, 5) is 46.5. The number of anilines is 2. The molecule has 206 valence electrons. The number of carbonyl (C=O) groups is 2. The molecule has 0 unspecified atom stereocenters. The maximum atomic E-state index is 13.7. The molecule has 3 heterocycles. The largest absolute Gasteiger partial charge is 0.467 e. The molecule has 1 saturated heterocycles. The minimum absolute atomic E-state index is 0.130. The lowest BCUT2D eigenvalue weighted by atomic mass is 9.98. The van der Waals surface area contributed by atoms with Gasteiger partial charge >= 0.3 is 17.7 Å². The molecule has 0 bridgehead atoms. The fourth-order valence-corrected chi connectivity index (χ4v) is 5.14. The molecule has 5 rings (SSSR count). The maximum Gasteiger partial charge on any atom is 0.353 e. The van der Waals surface area contributed by atoms with Crippen molar-refractivity contribution in [3.63, 3.8) is 0 Å². The van der Waals surface area contributed by atoms with Crippen molar-refractivity contribution in [1.82, 2.24) is 24.6 Å². The molecule has 40 heavy (non-hydrogen) atoms. The van der Waals surface area contributed by atoms with Gasteiger partial charge < -0.3 is 10.1 Å². The van der Waals surface area contributed by atoms with Crippen molar-refractivity contribution in [2.24, 2.45) is 7.05 Å². The predicted molar refractivity (Wildman–Crippen MR) is 152 cm³/mol. The van der Waals surface area contributed by atoms with E-state index >= 15 is 0 Å². The minimum atomic E-state index is -0.308. The van der Waals surface area contributed by atoms with Crippen LogP contribution in [-0.2, 0) is 13.5 Å². The van der Waals surface area contributed by atoms with E-state index in [4.69, 9.17) is 4.74 Å². The number of urea groups is 1. The highest BCUT2D eigenvalue weighted by Gasteiger charge is 2.38. The lowest BCUT2D eigenvalue weighted by Crippen LogP contribution is -2.34. The van der Waals surface area contributed by atoms with Gasteiger partial charge in [-0.1, -0.05) is 25.1 Å². The first kappa shape index (κ1) is 26.7. The van der Waals surface area contributed by atoms with Crippen LogP contribution in [-0.4, -0.2) is 58.0 Å². The highest BCUT2D eigenvalue weighted by atomic mass is 16.5. The predicted octanol–water partition coefficient (Wildman–Crippen LogP) is 3.40. The Hall–Kier alpha value is -4.93. The number of rotatable bonds is 7. The Bertz CT molecular complexity index is 1640. The lowest BCUT2D eigenvalue weighted by molar-refractivity contribution is 0.0963. The first-order valence-corrected chi connectivity index (χ1v) is 13.0. The van der Waals surface area contributed by atoms with E-state index in [0.717, 1.165) is 16.7 Å². The van der Waals surface area contributed by atoms with E-state index in [-0.39, 0.29) is 29.7 Å². The van der Waals surface area contributed by atoms with Gasteiger partial charge in [0.15, 0.2) is 0 Å². The third kappa shape index (κ3) is 4.49. The van der Waals surface area contributed by atoms with E-state index in [2.05, 4.69) is 15.4 Å². The number of aryl methyl sites for hydroxylation is 1. The number of carbonyl (C=O) groups excluding carboxylic acids is 2.